The third kappa shape index (κ3) is 4.24. The van der Waals surface area contributed by atoms with Crippen LogP contribution in [0.4, 0.5) is 4.39 Å². The number of amides is 1. The predicted octanol–water partition coefficient (Wildman–Crippen LogP) is 4.31. The molecule has 0 saturated carbocycles. The van der Waals surface area contributed by atoms with Crippen LogP contribution in [0.15, 0.2) is 16.9 Å². The van der Waals surface area contributed by atoms with Crippen molar-refractivity contribution in [2.45, 2.75) is 46.1 Å². The van der Waals surface area contributed by atoms with Crippen molar-refractivity contribution < 1.29 is 9.18 Å². The summed E-state index contributed by atoms with van der Waals surface area (Å²) in [6.07, 6.45) is 0. The zero-order chi connectivity index (χ0) is 19.8. The molecule has 1 aromatic heterocycles. The summed E-state index contributed by atoms with van der Waals surface area (Å²) in [6.45, 7) is 8.95. The summed E-state index contributed by atoms with van der Waals surface area (Å²) in [5.74, 6) is -0.763. The number of carbonyl (C=O) groups is 1. The Hall–Kier alpha value is -1.92. The fraction of sp³-hybridized carbons (Fsp3) is 0.389. The van der Waals surface area contributed by atoms with E-state index in [1.807, 2.05) is 20.8 Å². The Morgan fingerprint density at radius 3 is 2.42 bits per heavy atom. The number of aromatic nitrogens is 2. The van der Waals surface area contributed by atoms with Crippen LogP contribution in [0, 0.1) is 12.7 Å². The van der Waals surface area contributed by atoms with Crippen LogP contribution < -0.4 is 10.9 Å². The summed E-state index contributed by atoms with van der Waals surface area (Å²) in [5, 5.41) is 2.76. The zero-order valence-corrected chi connectivity index (χ0v) is 16.6. The summed E-state index contributed by atoms with van der Waals surface area (Å²) in [5.41, 5.74) is -0.302. The van der Waals surface area contributed by atoms with Crippen LogP contribution >= 0.6 is 23.2 Å². The number of rotatable bonds is 3. The monoisotopic (exact) mass is 399 g/mol. The zero-order valence-electron chi connectivity index (χ0n) is 15.1. The molecule has 1 unspecified atom stereocenters. The summed E-state index contributed by atoms with van der Waals surface area (Å²) >= 11 is 11.8. The molecule has 0 aliphatic carbocycles. The van der Waals surface area contributed by atoms with Crippen molar-refractivity contribution in [2.75, 3.05) is 0 Å². The minimum Gasteiger partial charge on any atom is -0.345 e. The van der Waals surface area contributed by atoms with Crippen LogP contribution in [0.3, 0.4) is 0 Å². The summed E-state index contributed by atoms with van der Waals surface area (Å²) in [4.78, 5) is 31.9. The first kappa shape index (κ1) is 20.4. The number of nitrogens with zero attached hydrogens (tertiary/aromatic N) is 1. The van der Waals surface area contributed by atoms with Gasteiger partial charge in [-0.1, -0.05) is 44.0 Å². The Bertz CT molecular complexity index is 920. The van der Waals surface area contributed by atoms with Crippen LogP contribution in [-0.4, -0.2) is 15.9 Å². The van der Waals surface area contributed by atoms with Gasteiger partial charge in [-0.25, -0.2) is 9.37 Å². The normalized spacial score (nSPS) is 12.8. The van der Waals surface area contributed by atoms with Gasteiger partial charge in [0.05, 0.1) is 16.8 Å². The number of H-pyrrole nitrogens is 1. The highest BCUT2D eigenvalue weighted by molar-refractivity contribution is 6.35. The second-order valence-corrected chi connectivity index (χ2v) is 7.92. The summed E-state index contributed by atoms with van der Waals surface area (Å²) < 4.78 is 13.7. The molecule has 0 aliphatic heterocycles. The Kier molecular flexibility index (Phi) is 5.78. The minimum atomic E-state index is -0.641. The van der Waals surface area contributed by atoms with Gasteiger partial charge in [-0.3, -0.25) is 9.59 Å². The number of hydrogen-bond acceptors (Lipinski definition) is 3. The fourth-order valence-corrected chi connectivity index (χ4v) is 2.97. The molecule has 1 amide bonds. The molecule has 2 N–H and O–H groups in total. The molecular formula is C18H20Cl2FN3O2. The maximum Gasteiger partial charge on any atom is 0.264 e. The third-order valence-electron chi connectivity index (χ3n) is 3.89. The van der Waals surface area contributed by atoms with Crippen molar-refractivity contribution >= 4 is 29.1 Å². The topological polar surface area (TPSA) is 74.8 Å². The van der Waals surface area contributed by atoms with Gasteiger partial charge in [0.1, 0.15) is 17.2 Å². The average molecular weight is 400 g/mol. The summed E-state index contributed by atoms with van der Waals surface area (Å²) in [7, 11) is 0. The van der Waals surface area contributed by atoms with Crippen LogP contribution in [-0.2, 0) is 5.41 Å². The molecule has 2 rings (SSSR count). The lowest BCUT2D eigenvalue weighted by Crippen LogP contribution is -2.35. The molecule has 1 aromatic carbocycles. The van der Waals surface area contributed by atoms with Crippen molar-refractivity contribution in [1.82, 2.24) is 15.3 Å². The third-order valence-corrected chi connectivity index (χ3v) is 4.51. The van der Waals surface area contributed by atoms with Crippen molar-refractivity contribution in [3.8, 4) is 0 Å². The fourth-order valence-electron chi connectivity index (χ4n) is 2.42. The molecule has 26 heavy (non-hydrogen) atoms. The van der Waals surface area contributed by atoms with E-state index >= 15 is 0 Å². The van der Waals surface area contributed by atoms with Gasteiger partial charge in [-0.05, 0) is 31.5 Å². The van der Waals surface area contributed by atoms with E-state index in [4.69, 9.17) is 23.2 Å². The number of nitrogens with one attached hydrogen (secondary N) is 2. The number of aromatic amines is 1. The van der Waals surface area contributed by atoms with Crippen molar-refractivity contribution in [2.24, 2.45) is 0 Å². The summed E-state index contributed by atoms with van der Waals surface area (Å²) in [6, 6.07) is 1.80. The van der Waals surface area contributed by atoms with Crippen LogP contribution in [0.25, 0.3) is 0 Å². The van der Waals surface area contributed by atoms with Gasteiger partial charge < -0.3 is 10.3 Å². The van der Waals surface area contributed by atoms with Crippen molar-refractivity contribution in [3.63, 3.8) is 0 Å². The highest BCUT2D eigenvalue weighted by Crippen LogP contribution is 2.28. The molecule has 2 aromatic rings. The quantitative estimate of drug-likeness (QED) is 0.754. The van der Waals surface area contributed by atoms with Gasteiger partial charge in [0.2, 0.25) is 0 Å². The molecule has 0 bridgehead atoms. The standard InChI is InChI=1S/C18H20Cl2FN3O2/c1-8(10-6-13(21)12(20)7-11(10)19)22-15(25)14-9(2)23-17(18(3,4)5)24-16(14)26/h6-8H,1-5H3,(H,22,25)(H,23,24,26). The van der Waals surface area contributed by atoms with Gasteiger partial charge in [0.15, 0.2) is 0 Å². The molecule has 1 atom stereocenters. The molecule has 0 fully saturated rings. The van der Waals surface area contributed by atoms with Crippen LogP contribution in [0.5, 0.6) is 0 Å². The van der Waals surface area contributed by atoms with E-state index in [0.717, 1.165) is 6.07 Å². The number of benzene rings is 1. The van der Waals surface area contributed by atoms with Crippen LogP contribution in [0.1, 0.15) is 61.2 Å². The van der Waals surface area contributed by atoms with E-state index in [1.54, 1.807) is 13.8 Å². The average Bonchev–Trinajstić information content (AvgIpc) is 2.49. The molecular weight excluding hydrogens is 380 g/mol. The molecule has 0 radical (unpaired) electrons. The van der Waals surface area contributed by atoms with Crippen LogP contribution in [0.2, 0.25) is 10.0 Å². The number of halogens is 3. The van der Waals surface area contributed by atoms with E-state index in [-0.39, 0.29) is 21.0 Å². The maximum absolute atomic E-state index is 13.7. The van der Waals surface area contributed by atoms with Gasteiger partial charge in [0.25, 0.3) is 11.5 Å². The largest absolute Gasteiger partial charge is 0.345 e. The van der Waals surface area contributed by atoms with Crippen molar-refractivity contribution in [1.29, 1.82) is 0 Å². The van der Waals surface area contributed by atoms with Gasteiger partial charge >= 0.3 is 0 Å². The smallest absolute Gasteiger partial charge is 0.264 e. The van der Waals surface area contributed by atoms with Gasteiger partial charge in [-0.2, -0.15) is 0 Å². The Balaban J connectivity index is 2.34. The minimum absolute atomic E-state index is 0.0876. The lowest BCUT2D eigenvalue weighted by Gasteiger charge is -2.19. The highest BCUT2D eigenvalue weighted by Gasteiger charge is 2.24. The van der Waals surface area contributed by atoms with E-state index in [2.05, 4.69) is 15.3 Å². The number of hydrogen-bond donors (Lipinski definition) is 2. The van der Waals surface area contributed by atoms with Gasteiger partial charge in [0, 0.05) is 10.4 Å². The molecule has 140 valence electrons. The number of aryl methyl sites for hydroxylation is 1. The van der Waals surface area contributed by atoms with E-state index in [9.17, 15) is 14.0 Å². The Labute approximate surface area is 160 Å². The highest BCUT2D eigenvalue weighted by atomic mass is 35.5. The second-order valence-electron chi connectivity index (χ2n) is 7.11. The first-order valence-corrected chi connectivity index (χ1v) is 8.74. The maximum atomic E-state index is 13.7. The molecule has 0 spiro atoms. The SMILES string of the molecule is Cc1nc(C(C)(C)C)[nH]c(=O)c1C(=O)NC(C)c1cc(F)c(Cl)cc1Cl. The second kappa shape index (κ2) is 7.37. The van der Waals surface area contributed by atoms with Gasteiger partial charge in [-0.15, -0.1) is 0 Å². The lowest BCUT2D eigenvalue weighted by molar-refractivity contribution is 0.0937. The van der Waals surface area contributed by atoms with E-state index in [1.165, 1.54) is 6.07 Å². The first-order chi connectivity index (χ1) is 11.9. The Morgan fingerprint density at radius 1 is 1.27 bits per heavy atom. The first-order valence-electron chi connectivity index (χ1n) is 7.98. The lowest BCUT2D eigenvalue weighted by atomic mass is 9.95. The van der Waals surface area contributed by atoms with E-state index < -0.39 is 23.3 Å². The van der Waals surface area contributed by atoms with Crippen molar-refractivity contribution in [3.05, 3.63) is 61.0 Å². The molecule has 8 heteroatoms. The molecule has 1 heterocycles. The molecule has 5 nitrogen and oxygen atoms in total. The van der Waals surface area contributed by atoms with E-state index in [0.29, 0.717) is 17.1 Å². The Morgan fingerprint density at radius 2 is 1.88 bits per heavy atom. The molecule has 0 aliphatic rings. The number of carbonyl (C=O) groups excluding carboxylic acids is 1. The molecule has 0 saturated heterocycles. The predicted molar refractivity (Wildman–Crippen MR) is 101 cm³/mol.